The van der Waals surface area contributed by atoms with Crippen LogP contribution in [0.5, 0.6) is 0 Å². The lowest BCUT2D eigenvalue weighted by atomic mass is 10.2. The van der Waals surface area contributed by atoms with Gasteiger partial charge in [-0.05, 0) is 31.2 Å². The summed E-state index contributed by atoms with van der Waals surface area (Å²) < 4.78 is 12.6. The maximum absolute atomic E-state index is 12.6. The van der Waals surface area contributed by atoms with Crippen molar-refractivity contribution in [3.05, 3.63) is 35.1 Å². The Kier molecular flexibility index (Phi) is 4.37. The van der Waals surface area contributed by atoms with Gasteiger partial charge in [-0.3, -0.25) is 0 Å². The summed E-state index contributed by atoms with van der Waals surface area (Å²) in [6.07, 6.45) is 0. The van der Waals surface area contributed by atoms with Gasteiger partial charge in [0, 0.05) is 5.56 Å². The van der Waals surface area contributed by atoms with Gasteiger partial charge >= 0.3 is 0 Å². The monoisotopic (exact) mass is 224 g/mol. The first-order chi connectivity index (χ1) is 7.25. The van der Waals surface area contributed by atoms with Crippen molar-refractivity contribution in [3.8, 4) is 10.6 Å². The van der Waals surface area contributed by atoms with Gasteiger partial charge in [-0.25, -0.2) is 4.39 Å². The van der Waals surface area contributed by atoms with Crippen LogP contribution in [0.1, 0.15) is 18.9 Å². The van der Waals surface area contributed by atoms with Crippen molar-refractivity contribution >= 4 is 11.3 Å². The second-order valence-corrected chi connectivity index (χ2v) is 3.81. The van der Waals surface area contributed by atoms with Crippen LogP contribution in [0.15, 0.2) is 24.3 Å². The van der Waals surface area contributed by atoms with E-state index >= 15 is 0 Å². The Labute approximate surface area is 92.8 Å². The molecule has 0 aliphatic rings. The Morgan fingerprint density at radius 3 is 2.13 bits per heavy atom. The molecule has 0 saturated heterocycles. The maximum Gasteiger partial charge on any atom is 0.147 e. The molecule has 0 bridgehead atoms. The van der Waals surface area contributed by atoms with Gasteiger partial charge in [-0.2, -0.15) is 0 Å². The molecule has 2 rings (SSSR count). The highest BCUT2D eigenvalue weighted by Gasteiger charge is 2.02. The Morgan fingerprint density at radius 2 is 1.67 bits per heavy atom. The van der Waals surface area contributed by atoms with Crippen LogP contribution in [-0.4, -0.2) is 10.2 Å². The maximum atomic E-state index is 12.6. The summed E-state index contributed by atoms with van der Waals surface area (Å²) in [5, 5.41) is 9.60. The molecule has 0 spiro atoms. The summed E-state index contributed by atoms with van der Waals surface area (Å²) in [5.74, 6) is -0.231. The predicted molar refractivity (Wildman–Crippen MR) is 61.4 cm³/mol. The van der Waals surface area contributed by atoms with E-state index in [9.17, 15) is 4.39 Å². The summed E-state index contributed by atoms with van der Waals surface area (Å²) in [6, 6.07) is 6.25. The molecule has 2 aromatic rings. The summed E-state index contributed by atoms with van der Waals surface area (Å²) in [5.41, 5.74) is 0.909. The molecule has 0 N–H and O–H groups in total. The van der Waals surface area contributed by atoms with Gasteiger partial charge in [0.15, 0.2) is 0 Å². The lowest BCUT2D eigenvalue weighted by molar-refractivity contribution is 0.628. The van der Waals surface area contributed by atoms with Gasteiger partial charge in [-0.15, -0.1) is 10.2 Å². The van der Waals surface area contributed by atoms with E-state index < -0.39 is 0 Å². The zero-order valence-corrected chi connectivity index (χ0v) is 9.81. The van der Waals surface area contributed by atoms with E-state index in [0.29, 0.717) is 0 Å². The summed E-state index contributed by atoms with van der Waals surface area (Å²) >= 11 is 1.50. The van der Waals surface area contributed by atoms with Crippen molar-refractivity contribution in [1.82, 2.24) is 10.2 Å². The first-order valence-corrected chi connectivity index (χ1v) is 5.63. The highest BCUT2D eigenvalue weighted by molar-refractivity contribution is 7.14. The van der Waals surface area contributed by atoms with Crippen LogP contribution in [0.3, 0.4) is 0 Å². The fraction of sp³-hybridized carbons (Fsp3) is 0.273. The van der Waals surface area contributed by atoms with Crippen molar-refractivity contribution in [2.75, 3.05) is 0 Å². The molecule has 0 unspecified atom stereocenters. The molecular weight excluding hydrogens is 211 g/mol. The third-order valence-corrected chi connectivity index (χ3v) is 2.50. The smallest absolute Gasteiger partial charge is 0.147 e. The fourth-order valence-corrected chi connectivity index (χ4v) is 1.70. The topological polar surface area (TPSA) is 25.8 Å². The molecule has 0 saturated carbocycles. The Hall–Kier alpha value is -1.29. The highest BCUT2D eigenvalue weighted by atomic mass is 32.1. The van der Waals surface area contributed by atoms with E-state index in [0.717, 1.165) is 15.6 Å². The summed E-state index contributed by atoms with van der Waals surface area (Å²) in [7, 11) is 0. The minimum atomic E-state index is -0.231. The average molecular weight is 224 g/mol. The molecule has 1 aromatic heterocycles. The lowest BCUT2D eigenvalue weighted by Crippen LogP contribution is -1.77. The minimum absolute atomic E-state index is 0.231. The Bertz CT molecular complexity index is 409. The van der Waals surface area contributed by atoms with E-state index in [1.54, 1.807) is 12.1 Å². The predicted octanol–water partition coefficient (Wildman–Crippen LogP) is 3.68. The van der Waals surface area contributed by atoms with Gasteiger partial charge in [0.05, 0.1) is 0 Å². The zero-order valence-electron chi connectivity index (χ0n) is 8.99. The highest BCUT2D eigenvalue weighted by Crippen LogP contribution is 2.22. The second-order valence-electron chi connectivity index (χ2n) is 2.63. The third-order valence-electron chi connectivity index (χ3n) is 1.62. The van der Waals surface area contributed by atoms with Crippen molar-refractivity contribution < 1.29 is 4.39 Å². The number of benzene rings is 1. The van der Waals surface area contributed by atoms with Crippen LogP contribution < -0.4 is 0 Å². The Balaban J connectivity index is 0.000000531. The second kappa shape index (κ2) is 5.56. The van der Waals surface area contributed by atoms with Crippen LogP contribution >= 0.6 is 11.3 Å². The van der Waals surface area contributed by atoms with Crippen LogP contribution in [0.25, 0.3) is 10.6 Å². The largest absolute Gasteiger partial charge is 0.207 e. The summed E-state index contributed by atoms with van der Waals surface area (Å²) in [6.45, 7) is 5.89. The molecule has 1 aromatic carbocycles. The third kappa shape index (κ3) is 3.09. The molecule has 15 heavy (non-hydrogen) atoms. The van der Waals surface area contributed by atoms with Gasteiger partial charge in [0.2, 0.25) is 0 Å². The standard InChI is InChI=1S/C9H7FN2S.C2H6/c1-6-11-12-9(13-6)7-2-4-8(10)5-3-7;1-2/h2-5H,1H3;1-2H3. The SMILES string of the molecule is CC.Cc1nnc(-c2ccc(F)cc2)s1. The number of aromatic nitrogens is 2. The van der Waals surface area contributed by atoms with E-state index in [-0.39, 0.29) is 5.82 Å². The molecule has 0 aliphatic heterocycles. The van der Waals surface area contributed by atoms with Crippen molar-refractivity contribution in [3.63, 3.8) is 0 Å². The van der Waals surface area contributed by atoms with Crippen LogP contribution in [0.4, 0.5) is 4.39 Å². The summed E-state index contributed by atoms with van der Waals surface area (Å²) in [4.78, 5) is 0. The Morgan fingerprint density at radius 1 is 1.07 bits per heavy atom. The molecule has 2 nitrogen and oxygen atoms in total. The first-order valence-electron chi connectivity index (χ1n) is 4.82. The normalized spacial score (nSPS) is 9.33. The molecule has 0 fully saturated rings. The fourth-order valence-electron chi connectivity index (χ4n) is 1.01. The first kappa shape index (κ1) is 11.8. The minimum Gasteiger partial charge on any atom is -0.207 e. The van der Waals surface area contributed by atoms with Crippen molar-refractivity contribution in [2.24, 2.45) is 0 Å². The van der Waals surface area contributed by atoms with Crippen LogP contribution in [-0.2, 0) is 0 Å². The molecule has 80 valence electrons. The van der Waals surface area contributed by atoms with Gasteiger partial charge in [0.1, 0.15) is 15.8 Å². The van der Waals surface area contributed by atoms with Crippen molar-refractivity contribution in [1.29, 1.82) is 0 Å². The van der Waals surface area contributed by atoms with Crippen LogP contribution in [0, 0.1) is 12.7 Å². The number of hydrogen-bond acceptors (Lipinski definition) is 3. The molecule has 0 aliphatic carbocycles. The molecule has 1 heterocycles. The van der Waals surface area contributed by atoms with E-state index in [2.05, 4.69) is 10.2 Å². The van der Waals surface area contributed by atoms with E-state index in [1.807, 2.05) is 20.8 Å². The number of rotatable bonds is 1. The number of aryl methyl sites for hydroxylation is 1. The van der Waals surface area contributed by atoms with Gasteiger partial charge < -0.3 is 0 Å². The number of nitrogens with zero attached hydrogens (tertiary/aromatic N) is 2. The average Bonchev–Trinajstić information content (AvgIpc) is 2.69. The van der Waals surface area contributed by atoms with Crippen LogP contribution in [0.2, 0.25) is 0 Å². The van der Waals surface area contributed by atoms with E-state index in [1.165, 1.54) is 23.5 Å². The van der Waals surface area contributed by atoms with Gasteiger partial charge in [-0.1, -0.05) is 25.2 Å². The molecule has 0 amide bonds. The molecular formula is C11H13FN2S. The molecule has 0 atom stereocenters. The van der Waals surface area contributed by atoms with Gasteiger partial charge in [0.25, 0.3) is 0 Å². The van der Waals surface area contributed by atoms with E-state index in [4.69, 9.17) is 0 Å². The number of halogens is 1. The zero-order chi connectivity index (χ0) is 11.3. The quantitative estimate of drug-likeness (QED) is 0.738. The van der Waals surface area contributed by atoms with Crippen molar-refractivity contribution in [2.45, 2.75) is 20.8 Å². The molecule has 4 heteroatoms. The lowest BCUT2D eigenvalue weighted by Gasteiger charge is -1.92. The number of hydrogen-bond donors (Lipinski definition) is 0. The molecule has 0 radical (unpaired) electrons.